The Labute approximate surface area is 160 Å². The lowest BCUT2D eigenvalue weighted by Gasteiger charge is -2.16. The fourth-order valence-electron chi connectivity index (χ4n) is 2.61. The molecule has 0 radical (unpaired) electrons. The van der Waals surface area contributed by atoms with Crippen LogP contribution < -0.4 is 10.1 Å². The fourth-order valence-corrected chi connectivity index (χ4v) is 2.61. The van der Waals surface area contributed by atoms with Crippen LogP contribution in [0.1, 0.15) is 40.8 Å². The molecule has 0 aromatic heterocycles. The zero-order chi connectivity index (χ0) is 20.0. The molecule has 0 saturated heterocycles. The molecule has 5 heteroatoms. The lowest BCUT2D eigenvalue weighted by Crippen LogP contribution is -2.32. The third-order valence-corrected chi connectivity index (χ3v) is 4.67. The predicted molar refractivity (Wildman–Crippen MR) is 105 cm³/mol. The highest BCUT2D eigenvalue weighted by Crippen LogP contribution is 2.20. The first-order valence-corrected chi connectivity index (χ1v) is 8.99. The van der Waals surface area contributed by atoms with Gasteiger partial charge in [-0.2, -0.15) is 0 Å². The largest absolute Gasteiger partial charge is 0.482 e. The van der Waals surface area contributed by atoms with Crippen LogP contribution in [-0.4, -0.2) is 25.1 Å². The number of ether oxygens (including phenoxy) is 2. The molecule has 2 aromatic carbocycles. The Bertz CT molecular complexity index is 829. The van der Waals surface area contributed by atoms with E-state index in [-0.39, 0.29) is 25.2 Å². The molecule has 0 bridgehead atoms. The topological polar surface area (TPSA) is 64.6 Å². The quantitative estimate of drug-likeness (QED) is 0.756. The predicted octanol–water partition coefficient (Wildman–Crippen LogP) is 3.72. The van der Waals surface area contributed by atoms with E-state index in [2.05, 4.69) is 5.32 Å². The second-order valence-electron chi connectivity index (χ2n) is 6.78. The van der Waals surface area contributed by atoms with Gasteiger partial charge in [-0.15, -0.1) is 0 Å². The Morgan fingerprint density at radius 2 is 1.70 bits per heavy atom. The Kier molecular flexibility index (Phi) is 6.99. The van der Waals surface area contributed by atoms with Gasteiger partial charge < -0.3 is 14.8 Å². The van der Waals surface area contributed by atoms with Crippen LogP contribution in [-0.2, 0) is 14.3 Å². The van der Waals surface area contributed by atoms with Crippen LogP contribution in [0, 0.1) is 27.7 Å². The lowest BCUT2D eigenvalue weighted by molar-refractivity contribution is -0.150. The van der Waals surface area contributed by atoms with Crippen molar-refractivity contribution in [2.75, 3.05) is 13.2 Å². The molecule has 0 aliphatic rings. The average molecular weight is 369 g/mol. The summed E-state index contributed by atoms with van der Waals surface area (Å²) in [5.41, 5.74) is 5.44. The number of nitrogens with one attached hydrogen (secondary N) is 1. The highest BCUT2D eigenvalue weighted by molar-refractivity contribution is 5.81. The number of benzene rings is 2. The maximum atomic E-state index is 12.0. The van der Waals surface area contributed by atoms with Crippen LogP contribution in [0.15, 0.2) is 36.4 Å². The van der Waals surface area contributed by atoms with Crippen molar-refractivity contribution in [2.24, 2.45) is 0 Å². The number of hydrogen-bond acceptors (Lipinski definition) is 4. The minimum atomic E-state index is -0.579. The summed E-state index contributed by atoms with van der Waals surface area (Å²) in [6.45, 7) is 9.31. The Morgan fingerprint density at radius 1 is 0.963 bits per heavy atom. The lowest BCUT2D eigenvalue weighted by atomic mass is 10.0. The Morgan fingerprint density at radius 3 is 2.41 bits per heavy atom. The summed E-state index contributed by atoms with van der Waals surface area (Å²) >= 11 is 0. The monoisotopic (exact) mass is 369 g/mol. The molecule has 0 heterocycles. The summed E-state index contributed by atoms with van der Waals surface area (Å²) in [5, 5.41) is 2.83. The number of carbonyl (C=O) groups excluding carboxylic acids is 2. The SMILES string of the molecule is Cc1ccc([C@H](C)NC(=O)COC(=O)COc2cccc(C)c2C)cc1C. The first kappa shape index (κ1) is 20.5. The van der Waals surface area contributed by atoms with Crippen molar-refractivity contribution in [3.8, 4) is 5.75 Å². The number of amides is 1. The maximum Gasteiger partial charge on any atom is 0.344 e. The van der Waals surface area contributed by atoms with Crippen molar-refractivity contribution in [1.82, 2.24) is 5.32 Å². The van der Waals surface area contributed by atoms with E-state index in [1.54, 1.807) is 6.07 Å². The summed E-state index contributed by atoms with van der Waals surface area (Å²) in [7, 11) is 0. The molecule has 0 aliphatic heterocycles. The first-order valence-electron chi connectivity index (χ1n) is 8.99. The third-order valence-electron chi connectivity index (χ3n) is 4.67. The van der Waals surface area contributed by atoms with Gasteiger partial charge in [0.25, 0.3) is 5.91 Å². The first-order chi connectivity index (χ1) is 12.8. The molecule has 1 atom stereocenters. The van der Waals surface area contributed by atoms with E-state index in [9.17, 15) is 9.59 Å². The van der Waals surface area contributed by atoms with Crippen molar-refractivity contribution in [2.45, 2.75) is 40.7 Å². The number of aryl methyl sites for hydroxylation is 3. The van der Waals surface area contributed by atoms with Crippen LogP contribution in [0.2, 0.25) is 0 Å². The van der Waals surface area contributed by atoms with Crippen LogP contribution in [0.5, 0.6) is 5.75 Å². The van der Waals surface area contributed by atoms with Crippen LogP contribution in [0.3, 0.4) is 0 Å². The summed E-state index contributed by atoms with van der Waals surface area (Å²) in [4.78, 5) is 23.9. The highest BCUT2D eigenvalue weighted by Gasteiger charge is 2.13. The number of carbonyl (C=O) groups is 2. The number of hydrogen-bond donors (Lipinski definition) is 1. The normalized spacial score (nSPS) is 11.6. The van der Waals surface area contributed by atoms with Gasteiger partial charge in [-0.1, -0.05) is 30.3 Å². The molecule has 27 heavy (non-hydrogen) atoms. The minimum absolute atomic E-state index is 0.165. The van der Waals surface area contributed by atoms with Gasteiger partial charge in [0.1, 0.15) is 5.75 Å². The maximum absolute atomic E-state index is 12.0. The van der Waals surface area contributed by atoms with Crippen molar-refractivity contribution in [3.05, 3.63) is 64.2 Å². The van der Waals surface area contributed by atoms with Gasteiger partial charge in [0.05, 0.1) is 6.04 Å². The van der Waals surface area contributed by atoms with E-state index in [4.69, 9.17) is 9.47 Å². The van der Waals surface area contributed by atoms with Crippen molar-refractivity contribution in [3.63, 3.8) is 0 Å². The molecule has 1 amide bonds. The van der Waals surface area contributed by atoms with E-state index in [1.807, 2.05) is 65.0 Å². The third kappa shape index (κ3) is 5.84. The molecule has 0 spiro atoms. The van der Waals surface area contributed by atoms with Crippen molar-refractivity contribution >= 4 is 11.9 Å². The summed E-state index contributed by atoms with van der Waals surface area (Å²) in [6, 6.07) is 11.5. The average Bonchev–Trinajstić information content (AvgIpc) is 2.63. The zero-order valence-electron chi connectivity index (χ0n) is 16.6. The number of esters is 1. The standard InChI is InChI=1S/C22H27NO4/c1-14-9-10-19(11-16(14)3)18(5)23-21(24)12-27-22(25)13-26-20-8-6-7-15(2)17(20)4/h6-11,18H,12-13H2,1-5H3,(H,23,24)/t18-/m0/s1. The Balaban J connectivity index is 1.78. The van der Waals surface area contributed by atoms with Crippen LogP contribution in [0.25, 0.3) is 0 Å². The van der Waals surface area contributed by atoms with Crippen LogP contribution >= 0.6 is 0 Å². The van der Waals surface area contributed by atoms with E-state index in [1.165, 1.54) is 11.1 Å². The smallest absolute Gasteiger partial charge is 0.344 e. The summed E-state index contributed by atoms with van der Waals surface area (Å²) in [6.07, 6.45) is 0. The molecule has 1 N–H and O–H groups in total. The van der Waals surface area contributed by atoms with Gasteiger partial charge in [-0.05, 0) is 68.5 Å². The molecule has 144 valence electrons. The second kappa shape index (κ2) is 9.21. The van der Waals surface area contributed by atoms with E-state index >= 15 is 0 Å². The molecule has 0 unspecified atom stereocenters. The van der Waals surface area contributed by atoms with Gasteiger partial charge in [-0.3, -0.25) is 4.79 Å². The number of rotatable bonds is 7. The molecule has 0 fully saturated rings. The Hall–Kier alpha value is -2.82. The van der Waals surface area contributed by atoms with Crippen LogP contribution in [0.4, 0.5) is 0 Å². The summed E-state index contributed by atoms with van der Waals surface area (Å²) in [5.74, 6) is -0.287. The van der Waals surface area contributed by atoms with E-state index in [0.29, 0.717) is 5.75 Å². The molecule has 5 nitrogen and oxygen atoms in total. The van der Waals surface area contributed by atoms with E-state index in [0.717, 1.165) is 16.7 Å². The van der Waals surface area contributed by atoms with Gasteiger partial charge >= 0.3 is 5.97 Å². The van der Waals surface area contributed by atoms with Crippen molar-refractivity contribution < 1.29 is 19.1 Å². The van der Waals surface area contributed by atoms with Crippen molar-refractivity contribution in [1.29, 1.82) is 0 Å². The summed E-state index contributed by atoms with van der Waals surface area (Å²) < 4.78 is 10.5. The molecular weight excluding hydrogens is 342 g/mol. The van der Waals surface area contributed by atoms with Gasteiger partial charge in [0.15, 0.2) is 13.2 Å². The minimum Gasteiger partial charge on any atom is -0.482 e. The molecule has 2 rings (SSSR count). The van der Waals surface area contributed by atoms with E-state index < -0.39 is 5.97 Å². The van der Waals surface area contributed by atoms with Gasteiger partial charge in [0, 0.05) is 0 Å². The fraction of sp³-hybridized carbons (Fsp3) is 0.364. The van der Waals surface area contributed by atoms with Gasteiger partial charge in [-0.25, -0.2) is 4.79 Å². The van der Waals surface area contributed by atoms with Gasteiger partial charge in [0.2, 0.25) is 0 Å². The second-order valence-corrected chi connectivity index (χ2v) is 6.78. The molecule has 2 aromatic rings. The zero-order valence-corrected chi connectivity index (χ0v) is 16.6. The molecular formula is C22H27NO4. The molecule has 0 aliphatic carbocycles. The highest BCUT2D eigenvalue weighted by atomic mass is 16.6. The molecule has 0 saturated carbocycles.